The van der Waals surface area contributed by atoms with Crippen LogP contribution in [0, 0.1) is 0 Å². The smallest absolute Gasteiger partial charge is 0.254 e. The van der Waals surface area contributed by atoms with E-state index in [1.165, 1.54) is 0 Å². The second-order valence-corrected chi connectivity index (χ2v) is 5.27. The van der Waals surface area contributed by atoms with Crippen molar-refractivity contribution in [3.8, 4) is 17.2 Å². The van der Waals surface area contributed by atoms with Crippen LogP contribution >= 0.6 is 12.4 Å². The normalized spacial score (nSPS) is 19.3. The van der Waals surface area contributed by atoms with Gasteiger partial charge in [-0.2, -0.15) is 0 Å². The predicted molar refractivity (Wildman–Crippen MR) is 84.6 cm³/mol. The maximum absolute atomic E-state index is 12.6. The molecule has 22 heavy (non-hydrogen) atoms. The van der Waals surface area contributed by atoms with E-state index in [0.717, 1.165) is 19.5 Å². The molecule has 7 heteroatoms. The number of nitrogens with zero attached hydrogens (tertiary/aromatic N) is 1. The quantitative estimate of drug-likeness (QED) is 0.907. The molecule has 122 valence electrons. The van der Waals surface area contributed by atoms with Crippen LogP contribution in [-0.4, -0.2) is 57.3 Å². The Morgan fingerprint density at radius 2 is 2.14 bits per heavy atom. The Kier molecular flexibility index (Phi) is 5.37. The number of carbonyl (C=O) groups is 1. The summed E-state index contributed by atoms with van der Waals surface area (Å²) < 4.78 is 16.5. The Bertz CT molecular complexity index is 529. The van der Waals surface area contributed by atoms with Gasteiger partial charge >= 0.3 is 0 Å². The van der Waals surface area contributed by atoms with E-state index in [2.05, 4.69) is 5.32 Å². The number of ether oxygens (including phenoxy) is 3. The lowest BCUT2D eigenvalue weighted by Crippen LogP contribution is -2.38. The highest BCUT2D eigenvalue weighted by Gasteiger charge is 2.27. The minimum absolute atomic E-state index is 0. The number of hydrogen-bond acceptors (Lipinski definition) is 5. The first-order valence-corrected chi connectivity index (χ1v) is 7.16. The number of likely N-dealkylation sites (N-methyl/N-ethyl adjacent to an activating group) is 1. The van der Waals surface area contributed by atoms with Crippen molar-refractivity contribution in [2.75, 3.05) is 40.5 Å². The van der Waals surface area contributed by atoms with Crippen molar-refractivity contribution < 1.29 is 19.0 Å². The summed E-state index contributed by atoms with van der Waals surface area (Å²) in [7, 11) is 3.40. The maximum Gasteiger partial charge on any atom is 0.254 e. The molecule has 0 aliphatic carbocycles. The SMILES string of the molecule is COc1cc(C(=O)N(C)C2CCNC2)cc2c1OCCO2.Cl. The number of fused-ring (bicyclic) bond motifs is 1. The molecule has 2 heterocycles. The van der Waals surface area contributed by atoms with Crippen molar-refractivity contribution in [1.82, 2.24) is 10.2 Å². The second-order valence-electron chi connectivity index (χ2n) is 5.27. The molecule has 6 nitrogen and oxygen atoms in total. The number of carbonyl (C=O) groups excluding carboxylic acids is 1. The molecule has 1 fully saturated rings. The third-order valence-corrected chi connectivity index (χ3v) is 3.98. The van der Waals surface area contributed by atoms with E-state index in [-0.39, 0.29) is 24.4 Å². The third-order valence-electron chi connectivity index (χ3n) is 3.98. The van der Waals surface area contributed by atoms with Gasteiger partial charge in [0.15, 0.2) is 11.5 Å². The van der Waals surface area contributed by atoms with Gasteiger partial charge < -0.3 is 24.4 Å². The molecule has 1 aromatic carbocycles. The van der Waals surface area contributed by atoms with Gasteiger partial charge in [-0.25, -0.2) is 0 Å². The molecule has 0 saturated carbocycles. The van der Waals surface area contributed by atoms with Crippen molar-refractivity contribution >= 4 is 18.3 Å². The highest BCUT2D eigenvalue weighted by atomic mass is 35.5. The molecule has 0 bridgehead atoms. The minimum atomic E-state index is -0.0287. The van der Waals surface area contributed by atoms with Crippen molar-refractivity contribution in [2.45, 2.75) is 12.5 Å². The van der Waals surface area contributed by atoms with Crippen LogP contribution in [0.1, 0.15) is 16.8 Å². The predicted octanol–water partition coefficient (Wildman–Crippen LogP) is 1.32. The lowest BCUT2D eigenvalue weighted by molar-refractivity contribution is 0.0742. The summed E-state index contributed by atoms with van der Waals surface area (Å²) in [5.74, 6) is 1.65. The van der Waals surface area contributed by atoms with E-state index in [1.807, 2.05) is 7.05 Å². The summed E-state index contributed by atoms with van der Waals surface area (Å²) in [4.78, 5) is 14.4. The topological polar surface area (TPSA) is 60.0 Å². The molecule has 1 unspecified atom stereocenters. The summed E-state index contributed by atoms with van der Waals surface area (Å²) in [6.45, 7) is 2.76. The average Bonchev–Trinajstić information content (AvgIpc) is 3.06. The minimum Gasteiger partial charge on any atom is -0.493 e. The van der Waals surface area contributed by atoms with Gasteiger partial charge in [0.05, 0.1) is 7.11 Å². The number of halogens is 1. The zero-order chi connectivity index (χ0) is 14.8. The molecule has 3 rings (SSSR count). The zero-order valence-electron chi connectivity index (χ0n) is 12.8. The Hall–Kier alpha value is -1.66. The van der Waals surface area contributed by atoms with E-state index >= 15 is 0 Å². The fraction of sp³-hybridized carbons (Fsp3) is 0.533. The van der Waals surface area contributed by atoms with Gasteiger partial charge in [0.25, 0.3) is 5.91 Å². The van der Waals surface area contributed by atoms with Crippen LogP contribution in [0.3, 0.4) is 0 Å². The van der Waals surface area contributed by atoms with Crippen LogP contribution in [0.4, 0.5) is 0 Å². The van der Waals surface area contributed by atoms with Crippen LogP contribution in [-0.2, 0) is 0 Å². The first kappa shape index (κ1) is 16.7. The number of amides is 1. The molecular weight excluding hydrogens is 308 g/mol. The third kappa shape index (κ3) is 3.08. The molecule has 0 radical (unpaired) electrons. The fourth-order valence-corrected chi connectivity index (χ4v) is 2.74. The molecule has 1 aromatic rings. The van der Waals surface area contributed by atoms with Crippen LogP contribution < -0.4 is 19.5 Å². The molecule has 2 aliphatic heterocycles. The van der Waals surface area contributed by atoms with Gasteiger partial charge in [0, 0.05) is 25.2 Å². The summed E-state index contributed by atoms with van der Waals surface area (Å²) in [6.07, 6.45) is 0.976. The van der Waals surface area contributed by atoms with Crippen molar-refractivity contribution in [2.24, 2.45) is 0 Å². The van der Waals surface area contributed by atoms with Crippen LogP contribution in [0.5, 0.6) is 17.2 Å². The zero-order valence-corrected chi connectivity index (χ0v) is 13.6. The molecule has 1 N–H and O–H groups in total. The monoisotopic (exact) mass is 328 g/mol. The first-order valence-electron chi connectivity index (χ1n) is 7.16. The van der Waals surface area contributed by atoms with Crippen molar-refractivity contribution in [1.29, 1.82) is 0 Å². The van der Waals surface area contributed by atoms with Gasteiger partial charge in [0.2, 0.25) is 5.75 Å². The Balaban J connectivity index is 0.00000176. The van der Waals surface area contributed by atoms with Crippen LogP contribution in [0.25, 0.3) is 0 Å². The summed E-state index contributed by atoms with van der Waals surface area (Å²) in [6, 6.07) is 3.68. The standard InChI is InChI=1S/C15H20N2O4.ClH/c1-17(11-3-4-16-9-11)15(18)10-7-12(19-2)14-13(8-10)20-5-6-21-14;/h7-8,11,16H,3-6,9H2,1-2H3;1H. The van der Waals surface area contributed by atoms with Gasteiger partial charge in [-0.1, -0.05) is 0 Å². The number of benzene rings is 1. The Morgan fingerprint density at radius 1 is 1.36 bits per heavy atom. The molecule has 0 aromatic heterocycles. The van der Waals surface area contributed by atoms with Gasteiger partial charge in [-0.3, -0.25) is 4.79 Å². The molecular formula is C15H21ClN2O4. The Labute approximate surface area is 136 Å². The highest BCUT2D eigenvalue weighted by molar-refractivity contribution is 5.95. The number of nitrogens with one attached hydrogen (secondary N) is 1. The number of methoxy groups -OCH3 is 1. The highest BCUT2D eigenvalue weighted by Crippen LogP contribution is 2.40. The fourth-order valence-electron chi connectivity index (χ4n) is 2.74. The molecule has 1 saturated heterocycles. The summed E-state index contributed by atoms with van der Waals surface area (Å²) >= 11 is 0. The van der Waals surface area contributed by atoms with Crippen LogP contribution in [0.15, 0.2) is 12.1 Å². The second kappa shape index (κ2) is 7.07. The summed E-state index contributed by atoms with van der Waals surface area (Å²) in [5, 5.41) is 3.27. The van der Waals surface area contributed by atoms with Crippen molar-refractivity contribution in [3.63, 3.8) is 0 Å². The molecule has 0 spiro atoms. The average molecular weight is 329 g/mol. The van der Waals surface area contributed by atoms with Crippen molar-refractivity contribution in [3.05, 3.63) is 17.7 Å². The van der Waals surface area contributed by atoms with E-state index in [9.17, 15) is 4.79 Å². The molecule has 2 aliphatic rings. The van der Waals surface area contributed by atoms with E-state index < -0.39 is 0 Å². The maximum atomic E-state index is 12.6. The van der Waals surface area contributed by atoms with Gasteiger partial charge in [-0.05, 0) is 25.1 Å². The van der Waals surface area contributed by atoms with E-state index in [4.69, 9.17) is 14.2 Å². The van der Waals surface area contributed by atoms with Crippen LogP contribution in [0.2, 0.25) is 0 Å². The van der Waals surface area contributed by atoms with Gasteiger partial charge in [-0.15, -0.1) is 12.4 Å². The number of rotatable bonds is 3. The van der Waals surface area contributed by atoms with E-state index in [1.54, 1.807) is 24.1 Å². The molecule has 1 amide bonds. The lowest BCUT2D eigenvalue weighted by Gasteiger charge is -2.25. The van der Waals surface area contributed by atoms with Gasteiger partial charge in [0.1, 0.15) is 13.2 Å². The number of hydrogen-bond donors (Lipinski definition) is 1. The first-order chi connectivity index (χ1) is 10.2. The van der Waals surface area contributed by atoms with E-state index in [0.29, 0.717) is 36.0 Å². The summed E-state index contributed by atoms with van der Waals surface area (Å²) in [5.41, 5.74) is 0.561. The molecule has 1 atom stereocenters. The Morgan fingerprint density at radius 3 is 2.82 bits per heavy atom. The largest absolute Gasteiger partial charge is 0.493 e. The lowest BCUT2D eigenvalue weighted by atomic mass is 10.1.